The second kappa shape index (κ2) is 7.97. The first-order valence-electron chi connectivity index (χ1n) is 13.5. The number of fused-ring (bicyclic) bond motifs is 3. The van der Waals surface area contributed by atoms with Gasteiger partial charge in [-0.05, 0) is 93.9 Å². The molecule has 1 saturated heterocycles. The number of rotatable bonds is 3. The molecule has 2 unspecified atom stereocenters. The monoisotopic (exact) mass is 479 g/mol. The van der Waals surface area contributed by atoms with Crippen LogP contribution in [-0.2, 0) is 14.7 Å². The van der Waals surface area contributed by atoms with Crippen LogP contribution in [0.3, 0.4) is 0 Å². The molecule has 1 aliphatic carbocycles. The van der Waals surface area contributed by atoms with Crippen molar-refractivity contribution in [2.45, 2.75) is 89.4 Å². The molecule has 2 atom stereocenters. The number of hydrogen-bond acceptors (Lipinski definition) is 3. The first kappa shape index (κ1) is 23.8. The van der Waals surface area contributed by atoms with Crippen molar-refractivity contribution in [2.24, 2.45) is 0 Å². The predicted octanol–water partition coefficient (Wildman–Crippen LogP) is 7.39. The summed E-state index contributed by atoms with van der Waals surface area (Å²) in [6.45, 7) is 13.4. The normalized spacial score (nSPS) is 28.2. The molecule has 3 aromatic carbocycles. The van der Waals surface area contributed by atoms with E-state index in [9.17, 15) is 0 Å². The molecule has 186 valence electrons. The second-order valence-corrected chi connectivity index (χ2v) is 12.4. The molecule has 1 saturated carbocycles. The number of para-hydroxylation sites is 1. The van der Waals surface area contributed by atoms with E-state index < -0.39 is 0 Å². The molecular weight excluding hydrogens is 441 g/mol. The van der Waals surface area contributed by atoms with Crippen LogP contribution in [0.5, 0.6) is 0 Å². The molecule has 36 heavy (non-hydrogen) atoms. The van der Waals surface area contributed by atoms with Crippen LogP contribution >= 0.6 is 0 Å². The van der Waals surface area contributed by atoms with Gasteiger partial charge in [0.15, 0.2) is 0 Å². The molecule has 0 radical (unpaired) electrons. The zero-order valence-corrected chi connectivity index (χ0v) is 22.6. The van der Waals surface area contributed by atoms with Gasteiger partial charge in [-0.1, -0.05) is 68.3 Å². The first-order valence-corrected chi connectivity index (χ1v) is 13.5. The molecule has 2 aliphatic heterocycles. The van der Waals surface area contributed by atoms with Crippen molar-refractivity contribution in [1.29, 1.82) is 0 Å². The van der Waals surface area contributed by atoms with Crippen molar-refractivity contribution in [3.8, 4) is 11.1 Å². The summed E-state index contributed by atoms with van der Waals surface area (Å²) < 4.78 is 12.5. The lowest BCUT2D eigenvalue weighted by molar-refractivity contribution is 0.00578. The lowest BCUT2D eigenvalue weighted by Gasteiger charge is -2.50. The number of anilines is 2. The SMILES string of the molecule is CC1(C)OB(c2ccc(-c3ccc4c(c3)C3(C)CCCCC3(C)N4c3ccccc3)cc2)OC1(C)C. The Hall–Kier alpha value is -2.56. The molecule has 6 rings (SSSR count). The van der Waals surface area contributed by atoms with E-state index in [0.29, 0.717) is 0 Å². The molecule has 4 heteroatoms. The highest BCUT2D eigenvalue weighted by Gasteiger charge is 2.57. The van der Waals surface area contributed by atoms with Crippen molar-refractivity contribution in [3.05, 3.63) is 78.4 Å². The van der Waals surface area contributed by atoms with Gasteiger partial charge in [-0.25, -0.2) is 0 Å². The fourth-order valence-electron chi connectivity index (χ4n) is 6.71. The fraction of sp³-hybridized carbons (Fsp3) is 0.438. The van der Waals surface area contributed by atoms with Gasteiger partial charge in [0.1, 0.15) is 0 Å². The maximum atomic E-state index is 6.27. The lowest BCUT2D eigenvalue weighted by atomic mass is 9.61. The van der Waals surface area contributed by atoms with Gasteiger partial charge in [0.2, 0.25) is 0 Å². The summed E-state index contributed by atoms with van der Waals surface area (Å²) in [4.78, 5) is 2.63. The third-order valence-electron chi connectivity index (χ3n) is 9.89. The Balaban J connectivity index is 1.37. The molecular formula is C32H38BNO2. The molecule has 3 aliphatic rings. The average molecular weight is 479 g/mol. The molecule has 0 bridgehead atoms. The van der Waals surface area contributed by atoms with Crippen LogP contribution in [-0.4, -0.2) is 23.9 Å². The Bertz CT molecular complexity index is 1270. The minimum absolute atomic E-state index is 0.0776. The Morgan fingerprint density at radius 2 is 1.31 bits per heavy atom. The van der Waals surface area contributed by atoms with Crippen molar-refractivity contribution in [1.82, 2.24) is 0 Å². The molecule has 0 spiro atoms. The van der Waals surface area contributed by atoms with Crippen molar-refractivity contribution in [3.63, 3.8) is 0 Å². The summed E-state index contributed by atoms with van der Waals surface area (Å²) in [5, 5.41) is 0. The Morgan fingerprint density at radius 1 is 0.694 bits per heavy atom. The van der Waals surface area contributed by atoms with Gasteiger partial charge in [-0.2, -0.15) is 0 Å². The van der Waals surface area contributed by atoms with Crippen LogP contribution in [0.15, 0.2) is 72.8 Å². The molecule has 2 fully saturated rings. The van der Waals surface area contributed by atoms with Crippen molar-refractivity contribution < 1.29 is 9.31 Å². The minimum atomic E-state index is -0.330. The zero-order valence-electron chi connectivity index (χ0n) is 22.6. The summed E-state index contributed by atoms with van der Waals surface area (Å²) >= 11 is 0. The van der Waals surface area contributed by atoms with E-state index in [-0.39, 0.29) is 29.3 Å². The Labute approximate surface area is 217 Å². The maximum Gasteiger partial charge on any atom is 0.494 e. The highest BCUT2D eigenvalue weighted by molar-refractivity contribution is 6.62. The minimum Gasteiger partial charge on any atom is -0.399 e. The largest absolute Gasteiger partial charge is 0.494 e. The van der Waals surface area contributed by atoms with Gasteiger partial charge >= 0.3 is 7.12 Å². The summed E-state index contributed by atoms with van der Waals surface area (Å²) in [5.74, 6) is 0. The Morgan fingerprint density at radius 3 is 1.97 bits per heavy atom. The maximum absolute atomic E-state index is 6.27. The van der Waals surface area contributed by atoms with E-state index in [2.05, 4.69) is 119 Å². The van der Waals surface area contributed by atoms with Crippen LogP contribution in [0.4, 0.5) is 11.4 Å². The fourth-order valence-corrected chi connectivity index (χ4v) is 6.71. The first-order chi connectivity index (χ1) is 17.1. The highest BCUT2D eigenvalue weighted by Crippen LogP contribution is 2.61. The van der Waals surface area contributed by atoms with E-state index in [4.69, 9.17) is 9.31 Å². The third-order valence-corrected chi connectivity index (χ3v) is 9.89. The van der Waals surface area contributed by atoms with Crippen LogP contribution in [0.1, 0.15) is 72.8 Å². The quantitative estimate of drug-likeness (QED) is 0.366. The smallest absolute Gasteiger partial charge is 0.399 e. The van der Waals surface area contributed by atoms with E-state index in [1.54, 1.807) is 0 Å². The van der Waals surface area contributed by atoms with Crippen LogP contribution in [0.2, 0.25) is 0 Å². The zero-order chi connectivity index (χ0) is 25.3. The molecule has 2 heterocycles. The topological polar surface area (TPSA) is 21.7 Å². The van der Waals surface area contributed by atoms with Gasteiger partial charge in [-0.15, -0.1) is 0 Å². The van der Waals surface area contributed by atoms with Crippen molar-refractivity contribution >= 4 is 24.0 Å². The highest BCUT2D eigenvalue weighted by atomic mass is 16.7. The van der Waals surface area contributed by atoms with Crippen LogP contribution < -0.4 is 10.4 Å². The summed E-state index contributed by atoms with van der Waals surface area (Å²) in [7, 11) is -0.328. The molecule has 0 aromatic heterocycles. The lowest BCUT2D eigenvalue weighted by Crippen LogP contribution is -2.54. The van der Waals surface area contributed by atoms with Gasteiger partial charge in [0.05, 0.1) is 16.7 Å². The summed E-state index contributed by atoms with van der Waals surface area (Å²) in [5.41, 5.74) is 7.27. The summed E-state index contributed by atoms with van der Waals surface area (Å²) in [6, 6.07) is 26.8. The standard InChI is InChI=1S/C32H38BNO2/c1-29(2)30(3,4)36-33(35-29)25-17-14-23(15-18-25)24-16-19-28-27(22-24)31(5)20-10-11-21-32(31,6)34(28)26-12-8-7-9-13-26/h7-9,12-19,22H,10-11,20-21H2,1-6H3. The van der Waals surface area contributed by atoms with Gasteiger partial charge in [0, 0.05) is 16.8 Å². The number of hydrogen-bond donors (Lipinski definition) is 0. The third kappa shape index (κ3) is 3.34. The van der Waals surface area contributed by atoms with Gasteiger partial charge < -0.3 is 14.2 Å². The van der Waals surface area contributed by atoms with Crippen molar-refractivity contribution in [2.75, 3.05) is 4.90 Å². The van der Waals surface area contributed by atoms with E-state index in [0.717, 1.165) is 5.46 Å². The predicted molar refractivity (Wildman–Crippen MR) is 150 cm³/mol. The molecule has 3 nitrogen and oxygen atoms in total. The molecule has 0 amide bonds. The molecule has 3 aromatic rings. The van der Waals surface area contributed by atoms with E-state index >= 15 is 0 Å². The molecule has 0 N–H and O–H groups in total. The van der Waals surface area contributed by atoms with Crippen LogP contribution in [0, 0.1) is 0 Å². The summed E-state index contributed by atoms with van der Waals surface area (Å²) in [6.07, 6.45) is 5.02. The van der Waals surface area contributed by atoms with Gasteiger partial charge in [0.25, 0.3) is 0 Å². The number of nitrogens with zero attached hydrogens (tertiary/aromatic N) is 1. The average Bonchev–Trinajstić information content (AvgIpc) is 3.21. The van der Waals surface area contributed by atoms with E-state index in [1.165, 1.54) is 53.7 Å². The van der Waals surface area contributed by atoms with E-state index in [1.807, 2.05) is 0 Å². The second-order valence-electron chi connectivity index (χ2n) is 12.4. The van der Waals surface area contributed by atoms with Gasteiger partial charge in [-0.3, -0.25) is 0 Å². The number of benzene rings is 3. The Kier molecular flexibility index (Phi) is 5.27. The van der Waals surface area contributed by atoms with Crippen LogP contribution in [0.25, 0.3) is 11.1 Å².